The molecule has 0 unspecified atom stereocenters. The lowest BCUT2D eigenvalue weighted by Gasteiger charge is -2.17. The molecule has 1 aliphatic rings. The van der Waals surface area contributed by atoms with Crippen LogP contribution in [-0.2, 0) is 14.3 Å². The predicted molar refractivity (Wildman–Crippen MR) is 121 cm³/mol. The van der Waals surface area contributed by atoms with Crippen LogP contribution in [0.2, 0.25) is 0 Å². The highest BCUT2D eigenvalue weighted by Crippen LogP contribution is 2.35. The highest BCUT2D eigenvalue weighted by molar-refractivity contribution is 6.36. The summed E-state index contributed by atoms with van der Waals surface area (Å²) >= 11 is 0. The van der Waals surface area contributed by atoms with Crippen LogP contribution in [-0.4, -0.2) is 57.3 Å². The maximum absolute atomic E-state index is 13.3. The molecule has 0 saturated carbocycles. The Morgan fingerprint density at radius 2 is 1.53 bits per heavy atom. The first-order valence-electron chi connectivity index (χ1n) is 10.2. The van der Waals surface area contributed by atoms with Crippen molar-refractivity contribution in [2.75, 3.05) is 39.8 Å². The number of ether oxygens (including phenoxy) is 4. The Kier molecular flexibility index (Phi) is 7.37. The molecule has 0 atom stereocenters. The standard InChI is InChI=1S/C24H28N2O6/c1-15(2)32-13-12-26-23(27)21(16-6-8-17(29-3)9-7-16)22(24(26)28)25-19-14-18(30-4)10-11-20(19)31-5/h6-11,14-15,25H,12-13H2,1-5H3. The minimum Gasteiger partial charge on any atom is -0.497 e. The summed E-state index contributed by atoms with van der Waals surface area (Å²) in [6, 6.07) is 12.2. The summed E-state index contributed by atoms with van der Waals surface area (Å²) in [4.78, 5) is 27.8. The number of benzene rings is 2. The van der Waals surface area contributed by atoms with Gasteiger partial charge in [-0.25, -0.2) is 0 Å². The van der Waals surface area contributed by atoms with Crippen LogP contribution in [0.3, 0.4) is 0 Å². The molecule has 0 aliphatic carbocycles. The van der Waals surface area contributed by atoms with Gasteiger partial charge in [0.15, 0.2) is 0 Å². The van der Waals surface area contributed by atoms with E-state index in [9.17, 15) is 9.59 Å². The fourth-order valence-corrected chi connectivity index (χ4v) is 3.35. The van der Waals surface area contributed by atoms with Gasteiger partial charge < -0.3 is 24.3 Å². The molecule has 0 spiro atoms. The molecule has 170 valence electrons. The van der Waals surface area contributed by atoms with Crippen molar-refractivity contribution < 1.29 is 28.5 Å². The van der Waals surface area contributed by atoms with Crippen molar-refractivity contribution in [3.8, 4) is 17.2 Å². The summed E-state index contributed by atoms with van der Waals surface area (Å²) in [6.07, 6.45) is -0.00420. The number of carbonyl (C=O) groups is 2. The molecular formula is C24H28N2O6. The smallest absolute Gasteiger partial charge is 0.278 e. The molecule has 0 radical (unpaired) electrons. The number of imide groups is 1. The first-order chi connectivity index (χ1) is 15.4. The molecule has 32 heavy (non-hydrogen) atoms. The normalized spacial score (nSPS) is 13.8. The second-order valence-corrected chi connectivity index (χ2v) is 7.35. The maximum atomic E-state index is 13.3. The lowest BCUT2D eigenvalue weighted by molar-refractivity contribution is -0.137. The van der Waals surface area contributed by atoms with Crippen molar-refractivity contribution in [2.45, 2.75) is 20.0 Å². The zero-order chi connectivity index (χ0) is 23.3. The van der Waals surface area contributed by atoms with E-state index < -0.39 is 11.8 Å². The summed E-state index contributed by atoms with van der Waals surface area (Å²) in [5.74, 6) is 0.917. The van der Waals surface area contributed by atoms with Crippen LogP contribution in [0.5, 0.6) is 17.2 Å². The number of hydrogen-bond donors (Lipinski definition) is 1. The molecule has 0 fully saturated rings. The quantitative estimate of drug-likeness (QED) is 0.567. The topological polar surface area (TPSA) is 86.3 Å². The third kappa shape index (κ3) is 4.86. The van der Waals surface area contributed by atoms with Gasteiger partial charge in [-0.3, -0.25) is 14.5 Å². The zero-order valence-electron chi connectivity index (χ0n) is 18.9. The van der Waals surface area contributed by atoms with Crippen molar-refractivity contribution >= 4 is 23.1 Å². The van der Waals surface area contributed by atoms with Gasteiger partial charge in [0.05, 0.1) is 51.8 Å². The van der Waals surface area contributed by atoms with Gasteiger partial charge in [0.2, 0.25) is 0 Å². The molecule has 8 heteroatoms. The third-order valence-corrected chi connectivity index (χ3v) is 4.98. The Morgan fingerprint density at radius 1 is 0.875 bits per heavy atom. The summed E-state index contributed by atoms with van der Waals surface area (Å²) in [6.45, 7) is 4.20. The van der Waals surface area contributed by atoms with E-state index in [0.29, 0.717) is 28.5 Å². The highest BCUT2D eigenvalue weighted by atomic mass is 16.5. The average molecular weight is 440 g/mol. The van der Waals surface area contributed by atoms with Crippen LogP contribution in [0.1, 0.15) is 19.4 Å². The van der Waals surface area contributed by atoms with Gasteiger partial charge in [-0.2, -0.15) is 0 Å². The largest absolute Gasteiger partial charge is 0.497 e. The molecule has 0 aromatic heterocycles. The zero-order valence-corrected chi connectivity index (χ0v) is 18.9. The van der Waals surface area contributed by atoms with Crippen LogP contribution in [0.15, 0.2) is 48.2 Å². The Morgan fingerprint density at radius 3 is 2.12 bits per heavy atom. The fourth-order valence-electron chi connectivity index (χ4n) is 3.35. The Bertz CT molecular complexity index is 1010. The Hall–Kier alpha value is -3.52. The number of amides is 2. The summed E-state index contributed by atoms with van der Waals surface area (Å²) in [7, 11) is 4.65. The molecular weight excluding hydrogens is 412 g/mol. The number of nitrogens with one attached hydrogen (secondary N) is 1. The van der Waals surface area contributed by atoms with Crippen LogP contribution in [0, 0.1) is 0 Å². The molecule has 2 amide bonds. The first kappa shape index (κ1) is 23.1. The van der Waals surface area contributed by atoms with E-state index in [0.717, 1.165) is 0 Å². The van der Waals surface area contributed by atoms with Gasteiger partial charge >= 0.3 is 0 Å². The average Bonchev–Trinajstić information content (AvgIpc) is 3.03. The number of rotatable bonds is 10. The van der Waals surface area contributed by atoms with Crippen molar-refractivity contribution in [1.29, 1.82) is 0 Å². The van der Waals surface area contributed by atoms with Gasteiger partial charge in [-0.15, -0.1) is 0 Å². The number of carbonyl (C=O) groups excluding carboxylic acids is 2. The number of anilines is 1. The minimum absolute atomic E-state index is 0.00420. The van der Waals surface area contributed by atoms with E-state index in [1.165, 1.54) is 12.0 Å². The molecule has 2 aromatic carbocycles. The predicted octanol–water partition coefficient (Wildman–Crippen LogP) is 3.33. The van der Waals surface area contributed by atoms with Crippen molar-refractivity contribution in [2.24, 2.45) is 0 Å². The lowest BCUT2D eigenvalue weighted by atomic mass is 10.0. The van der Waals surface area contributed by atoms with Gasteiger partial charge in [-0.05, 0) is 43.7 Å². The van der Waals surface area contributed by atoms with Crippen LogP contribution in [0.25, 0.3) is 5.57 Å². The maximum Gasteiger partial charge on any atom is 0.278 e. The van der Waals surface area contributed by atoms with E-state index in [1.807, 2.05) is 13.8 Å². The molecule has 0 bridgehead atoms. The highest BCUT2D eigenvalue weighted by Gasteiger charge is 2.39. The molecule has 1 N–H and O–H groups in total. The Labute approximate surface area is 187 Å². The van der Waals surface area contributed by atoms with Crippen molar-refractivity contribution in [1.82, 2.24) is 4.90 Å². The van der Waals surface area contributed by atoms with Crippen LogP contribution < -0.4 is 19.5 Å². The first-order valence-corrected chi connectivity index (χ1v) is 10.2. The number of hydrogen-bond acceptors (Lipinski definition) is 7. The SMILES string of the molecule is COc1ccc(C2=C(Nc3cc(OC)ccc3OC)C(=O)N(CCOC(C)C)C2=O)cc1. The summed E-state index contributed by atoms with van der Waals surface area (Å²) in [5, 5.41) is 3.11. The minimum atomic E-state index is -0.432. The van der Waals surface area contributed by atoms with E-state index in [-0.39, 0.29) is 30.5 Å². The third-order valence-electron chi connectivity index (χ3n) is 4.98. The molecule has 1 aliphatic heterocycles. The monoisotopic (exact) mass is 440 g/mol. The number of nitrogens with zero attached hydrogens (tertiary/aromatic N) is 1. The summed E-state index contributed by atoms with van der Waals surface area (Å²) in [5.41, 5.74) is 1.54. The van der Waals surface area contributed by atoms with E-state index >= 15 is 0 Å². The van der Waals surface area contributed by atoms with Crippen molar-refractivity contribution in [3.63, 3.8) is 0 Å². The van der Waals surface area contributed by atoms with E-state index in [2.05, 4.69) is 5.32 Å². The molecule has 1 heterocycles. The second kappa shape index (κ2) is 10.2. The van der Waals surface area contributed by atoms with Crippen LogP contribution in [0.4, 0.5) is 5.69 Å². The lowest BCUT2D eigenvalue weighted by Crippen LogP contribution is -2.35. The number of methoxy groups -OCH3 is 3. The van der Waals surface area contributed by atoms with E-state index in [4.69, 9.17) is 18.9 Å². The molecule has 2 aromatic rings. The fraction of sp³-hybridized carbons (Fsp3) is 0.333. The van der Waals surface area contributed by atoms with Crippen LogP contribution >= 0.6 is 0 Å². The van der Waals surface area contributed by atoms with Gasteiger partial charge in [0.1, 0.15) is 22.9 Å². The van der Waals surface area contributed by atoms with Gasteiger partial charge in [0, 0.05) is 6.07 Å². The van der Waals surface area contributed by atoms with Gasteiger partial charge in [-0.1, -0.05) is 12.1 Å². The van der Waals surface area contributed by atoms with E-state index in [1.54, 1.807) is 56.7 Å². The van der Waals surface area contributed by atoms with Gasteiger partial charge in [0.25, 0.3) is 11.8 Å². The summed E-state index contributed by atoms with van der Waals surface area (Å²) < 4.78 is 21.5. The van der Waals surface area contributed by atoms with Crippen molar-refractivity contribution in [3.05, 3.63) is 53.7 Å². The second-order valence-electron chi connectivity index (χ2n) is 7.35. The molecule has 8 nitrogen and oxygen atoms in total. The molecule has 0 saturated heterocycles. The Balaban J connectivity index is 2.02. The molecule has 3 rings (SSSR count).